The van der Waals surface area contributed by atoms with Crippen LogP contribution in [0, 0.1) is 0 Å². The molecule has 0 aliphatic carbocycles. The van der Waals surface area contributed by atoms with Crippen molar-refractivity contribution in [3.63, 3.8) is 0 Å². The molecule has 0 bridgehead atoms. The molecule has 5 heteroatoms. The second kappa shape index (κ2) is 7.31. The second-order valence-electron chi connectivity index (χ2n) is 2.89. The number of carbonyl (C=O) groups is 1. The molecule has 0 spiro atoms. The van der Waals surface area contributed by atoms with Gasteiger partial charge in [0.15, 0.2) is 5.76 Å². The first-order valence-electron chi connectivity index (χ1n) is 4.80. The molecule has 15 heavy (non-hydrogen) atoms. The summed E-state index contributed by atoms with van der Waals surface area (Å²) in [5, 5.41) is 2.72. The van der Waals surface area contributed by atoms with Gasteiger partial charge in [-0.1, -0.05) is 0 Å². The number of hydrogen-bond donors (Lipinski definition) is 1. The number of amides is 1. The van der Waals surface area contributed by atoms with Gasteiger partial charge < -0.3 is 14.5 Å². The Labute approximate surface area is 93.5 Å². The maximum absolute atomic E-state index is 11.3. The topological polar surface area (TPSA) is 51.5 Å². The van der Waals surface area contributed by atoms with E-state index in [-0.39, 0.29) is 5.91 Å². The summed E-state index contributed by atoms with van der Waals surface area (Å²) in [7, 11) is 0. The highest BCUT2D eigenvalue weighted by atomic mass is 35.5. The molecule has 0 saturated carbocycles. The minimum absolute atomic E-state index is 0.197. The number of alkyl halides is 1. The van der Waals surface area contributed by atoms with Gasteiger partial charge in [-0.2, -0.15) is 0 Å². The van der Waals surface area contributed by atoms with Crippen molar-refractivity contribution in [1.29, 1.82) is 0 Å². The Morgan fingerprint density at radius 3 is 3.07 bits per heavy atom. The van der Waals surface area contributed by atoms with Crippen molar-refractivity contribution in [1.82, 2.24) is 5.32 Å². The molecule has 84 valence electrons. The highest BCUT2D eigenvalue weighted by molar-refractivity contribution is 6.17. The summed E-state index contributed by atoms with van der Waals surface area (Å²) in [6.45, 7) is 1.72. The smallest absolute Gasteiger partial charge is 0.286 e. The Bertz CT molecular complexity index is 274. The van der Waals surface area contributed by atoms with Gasteiger partial charge in [-0.15, -0.1) is 11.6 Å². The second-order valence-corrected chi connectivity index (χ2v) is 3.27. The van der Waals surface area contributed by atoms with Crippen LogP contribution in [-0.2, 0) is 4.74 Å². The lowest BCUT2D eigenvalue weighted by molar-refractivity contribution is 0.0917. The van der Waals surface area contributed by atoms with Crippen LogP contribution in [-0.4, -0.2) is 31.5 Å². The Kier molecular flexibility index (Phi) is 5.88. The summed E-state index contributed by atoms with van der Waals surface area (Å²) in [5.41, 5.74) is 0. The van der Waals surface area contributed by atoms with Crippen LogP contribution < -0.4 is 5.32 Å². The molecule has 4 nitrogen and oxygen atoms in total. The monoisotopic (exact) mass is 231 g/mol. The molecule has 0 atom stereocenters. The van der Waals surface area contributed by atoms with E-state index in [4.69, 9.17) is 20.8 Å². The highest BCUT2D eigenvalue weighted by Gasteiger charge is 2.06. The molecule has 1 aromatic heterocycles. The van der Waals surface area contributed by atoms with Crippen molar-refractivity contribution >= 4 is 17.5 Å². The Balaban J connectivity index is 2.03. The summed E-state index contributed by atoms with van der Waals surface area (Å²) in [4.78, 5) is 11.3. The quantitative estimate of drug-likeness (QED) is 0.574. The SMILES string of the molecule is O=C(NCCCOCCCl)c1ccco1. The molecule has 1 N–H and O–H groups in total. The first kappa shape index (κ1) is 12.1. The fourth-order valence-corrected chi connectivity index (χ4v) is 1.14. The van der Waals surface area contributed by atoms with Crippen LogP contribution in [0.2, 0.25) is 0 Å². The summed E-state index contributed by atoms with van der Waals surface area (Å²) in [5.74, 6) is 0.632. The van der Waals surface area contributed by atoms with E-state index in [0.29, 0.717) is 31.4 Å². The van der Waals surface area contributed by atoms with E-state index < -0.39 is 0 Å². The lowest BCUT2D eigenvalue weighted by Crippen LogP contribution is -2.24. The first-order chi connectivity index (χ1) is 7.34. The Hall–Kier alpha value is -1.00. The molecule has 0 aromatic carbocycles. The fourth-order valence-electron chi connectivity index (χ4n) is 1.03. The molecule has 0 unspecified atom stereocenters. The standard InChI is InChI=1S/C10H14ClNO3/c11-4-8-14-6-2-5-12-10(13)9-3-1-7-15-9/h1,3,7H,2,4-6,8H2,(H,12,13). The maximum Gasteiger partial charge on any atom is 0.286 e. The predicted octanol–water partition coefficient (Wildman–Crippen LogP) is 1.65. The average Bonchev–Trinajstić information content (AvgIpc) is 2.76. The zero-order valence-corrected chi connectivity index (χ0v) is 9.13. The van der Waals surface area contributed by atoms with Crippen LogP contribution in [0.5, 0.6) is 0 Å². The zero-order chi connectivity index (χ0) is 10.9. The van der Waals surface area contributed by atoms with Crippen molar-refractivity contribution in [2.24, 2.45) is 0 Å². The molecule has 0 saturated heterocycles. The number of furan rings is 1. The molecule has 1 aromatic rings. The van der Waals surface area contributed by atoms with Crippen LogP contribution in [0.15, 0.2) is 22.8 Å². The highest BCUT2D eigenvalue weighted by Crippen LogP contribution is 1.98. The lowest BCUT2D eigenvalue weighted by atomic mass is 10.4. The Morgan fingerprint density at radius 1 is 1.53 bits per heavy atom. The van der Waals surface area contributed by atoms with Gasteiger partial charge in [0.1, 0.15) is 0 Å². The van der Waals surface area contributed by atoms with E-state index in [9.17, 15) is 4.79 Å². The molecular formula is C10H14ClNO3. The normalized spacial score (nSPS) is 10.2. The molecule has 0 aliphatic heterocycles. The average molecular weight is 232 g/mol. The number of nitrogens with one attached hydrogen (secondary N) is 1. The van der Waals surface area contributed by atoms with Crippen molar-refractivity contribution in [2.75, 3.05) is 25.6 Å². The number of carbonyl (C=O) groups excluding carboxylic acids is 1. The minimum Gasteiger partial charge on any atom is -0.459 e. The number of rotatable bonds is 7. The number of ether oxygens (including phenoxy) is 1. The third-order valence-corrected chi connectivity index (χ3v) is 1.87. The van der Waals surface area contributed by atoms with Crippen LogP contribution in [0.1, 0.15) is 17.0 Å². The van der Waals surface area contributed by atoms with Gasteiger partial charge in [0.05, 0.1) is 12.9 Å². The van der Waals surface area contributed by atoms with Crippen LogP contribution >= 0.6 is 11.6 Å². The molecule has 1 rings (SSSR count). The molecule has 1 amide bonds. The van der Waals surface area contributed by atoms with Gasteiger partial charge in [-0.3, -0.25) is 4.79 Å². The first-order valence-corrected chi connectivity index (χ1v) is 5.33. The largest absolute Gasteiger partial charge is 0.459 e. The summed E-state index contributed by atoms with van der Waals surface area (Å²) >= 11 is 5.43. The summed E-state index contributed by atoms with van der Waals surface area (Å²) in [6.07, 6.45) is 2.24. The summed E-state index contributed by atoms with van der Waals surface area (Å²) < 4.78 is 10.1. The van der Waals surface area contributed by atoms with Gasteiger partial charge in [-0.25, -0.2) is 0 Å². The van der Waals surface area contributed by atoms with Crippen molar-refractivity contribution in [3.8, 4) is 0 Å². The summed E-state index contributed by atoms with van der Waals surface area (Å²) in [6, 6.07) is 3.30. The van der Waals surface area contributed by atoms with E-state index in [1.807, 2.05) is 0 Å². The molecule has 0 aliphatic rings. The van der Waals surface area contributed by atoms with Gasteiger partial charge in [-0.05, 0) is 18.6 Å². The van der Waals surface area contributed by atoms with E-state index in [0.717, 1.165) is 6.42 Å². The third kappa shape index (κ3) is 4.85. The molecule has 0 radical (unpaired) electrons. The minimum atomic E-state index is -0.197. The van der Waals surface area contributed by atoms with E-state index in [2.05, 4.69) is 5.32 Å². The number of halogens is 1. The lowest BCUT2D eigenvalue weighted by Gasteiger charge is -2.03. The molecular weight excluding hydrogens is 218 g/mol. The fraction of sp³-hybridized carbons (Fsp3) is 0.500. The Morgan fingerprint density at radius 2 is 2.40 bits per heavy atom. The van der Waals surface area contributed by atoms with Crippen molar-refractivity contribution < 1.29 is 13.9 Å². The van der Waals surface area contributed by atoms with E-state index in [1.54, 1.807) is 12.1 Å². The predicted molar refractivity (Wildman–Crippen MR) is 57.2 cm³/mol. The van der Waals surface area contributed by atoms with Gasteiger partial charge in [0.25, 0.3) is 5.91 Å². The van der Waals surface area contributed by atoms with Crippen LogP contribution in [0.4, 0.5) is 0 Å². The molecule has 1 heterocycles. The van der Waals surface area contributed by atoms with Gasteiger partial charge >= 0.3 is 0 Å². The van der Waals surface area contributed by atoms with E-state index >= 15 is 0 Å². The maximum atomic E-state index is 11.3. The van der Waals surface area contributed by atoms with Crippen molar-refractivity contribution in [2.45, 2.75) is 6.42 Å². The van der Waals surface area contributed by atoms with Gasteiger partial charge in [0.2, 0.25) is 0 Å². The van der Waals surface area contributed by atoms with Crippen LogP contribution in [0.3, 0.4) is 0 Å². The molecule has 0 fully saturated rings. The van der Waals surface area contributed by atoms with Crippen LogP contribution in [0.25, 0.3) is 0 Å². The van der Waals surface area contributed by atoms with Gasteiger partial charge in [0, 0.05) is 19.0 Å². The van der Waals surface area contributed by atoms with E-state index in [1.165, 1.54) is 6.26 Å². The van der Waals surface area contributed by atoms with Crippen molar-refractivity contribution in [3.05, 3.63) is 24.2 Å². The third-order valence-electron chi connectivity index (χ3n) is 1.72. The number of hydrogen-bond acceptors (Lipinski definition) is 3. The zero-order valence-electron chi connectivity index (χ0n) is 8.37.